The number of hydrogen-bond acceptors (Lipinski definition) is 10. The molecule has 56 heavy (non-hydrogen) atoms. The number of nitrogens with zero attached hydrogens (tertiary/aromatic N) is 6. The number of alkyl carbamates (subject to hydrolysis) is 1. The van der Waals surface area contributed by atoms with E-state index in [0.717, 1.165) is 43.2 Å². The smallest absolute Gasteiger partial charge is 0.408 e. The Morgan fingerprint density at radius 3 is 2.36 bits per heavy atom. The third-order valence-corrected chi connectivity index (χ3v) is 10.6. The summed E-state index contributed by atoms with van der Waals surface area (Å²) >= 11 is 1.34. The quantitative estimate of drug-likeness (QED) is 0.0526. The average Bonchev–Trinajstić information content (AvgIpc) is 3.85. The van der Waals surface area contributed by atoms with Crippen LogP contribution in [0.25, 0.3) is 0 Å². The van der Waals surface area contributed by atoms with Crippen LogP contribution in [0.2, 0.25) is 0 Å². The van der Waals surface area contributed by atoms with E-state index in [0.29, 0.717) is 29.7 Å². The van der Waals surface area contributed by atoms with Gasteiger partial charge in [0, 0.05) is 49.2 Å². The van der Waals surface area contributed by atoms with Gasteiger partial charge < -0.3 is 54.8 Å². The number of aliphatic hydroxyl groups excluding tert-OH is 1. The van der Waals surface area contributed by atoms with E-state index in [9.17, 15) is 19.5 Å². The first-order valence-corrected chi connectivity index (χ1v) is 20.0. The van der Waals surface area contributed by atoms with Crippen LogP contribution < -0.4 is 44.5 Å². The van der Waals surface area contributed by atoms with Gasteiger partial charge >= 0.3 is 6.09 Å². The van der Waals surface area contributed by atoms with E-state index < -0.39 is 47.7 Å². The van der Waals surface area contributed by atoms with E-state index in [2.05, 4.69) is 53.6 Å². The maximum absolute atomic E-state index is 14.3. The van der Waals surface area contributed by atoms with Crippen molar-refractivity contribution in [3.8, 4) is 0 Å². The summed E-state index contributed by atoms with van der Waals surface area (Å²) in [5.74, 6) is -0.420. The molecule has 0 saturated heterocycles. The topological polar surface area (TPSA) is 193 Å². The van der Waals surface area contributed by atoms with Crippen LogP contribution in [0.3, 0.4) is 0 Å². The largest absolute Gasteiger partial charge is 1.00 e. The van der Waals surface area contributed by atoms with E-state index in [4.69, 9.17) is 4.74 Å². The number of imidazole rings is 1. The number of aliphatic hydroxyl groups is 1. The van der Waals surface area contributed by atoms with Gasteiger partial charge in [-0.25, -0.2) is 19.0 Å². The summed E-state index contributed by atoms with van der Waals surface area (Å²) in [5, 5.41) is 33.2. The van der Waals surface area contributed by atoms with Gasteiger partial charge in [-0.2, -0.15) is 0 Å². The number of H-pyrrole nitrogens is 1. The lowest BCUT2D eigenvalue weighted by Gasteiger charge is -2.31. The molecule has 0 aliphatic heterocycles. The Hall–Kier alpha value is -4.10. The monoisotopic (exact) mass is 902 g/mol. The molecule has 1 saturated carbocycles. The van der Waals surface area contributed by atoms with Crippen molar-refractivity contribution >= 4 is 29.7 Å². The van der Waals surface area contributed by atoms with Crippen molar-refractivity contribution in [2.45, 2.75) is 120 Å². The fourth-order valence-electron chi connectivity index (χ4n) is 6.63. The number of aromatic amines is 1. The van der Waals surface area contributed by atoms with Crippen molar-refractivity contribution in [3.05, 3.63) is 84.2 Å². The number of carbonyl (C=O) groups excluding carboxylic acids is 3. The number of aromatic nitrogens is 7. The normalized spacial score (nSPS) is 15.4. The molecule has 1 aliphatic rings. The zero-order chi connectivity index (χ0) is 39.2. The zero-order valence-corrected chi connectivity index (χ0v) is 35.5. The highest BCUT2D eigenvalue weighted by Gasteiger charge is 2.33. The van der Waals surface area contributed by atoms with Gasteiger partial charge in [0.05, 0.1) is 18.5 Å². The van der Waals surface area contributed by atoms with Crippen LogP contribution in [-0.4, -0.2) is 88.8 Å². The number of carbonyl (C=O) groups is 3. The minimum absolute atomic E-state index is 0. The van der Waals surface area contributed by atoms with Crippen molar-refractivity contribution in [1.29, 1.82) is 0 Å². The lowest BCUT2D eigenvalue weighted by atomic mass is 9.83. The van der Waals surface area contributed by atoms with Gasteiger partial charge in [-0.3, -0.25) is 9.59 Å². The number of ether oxygens (including phenoxy) is 1. The van der Waals surface area contributed by atoms with Gasteiger partial charge in [0.25, 0.3) is 0 Å². The molecule has 0 bridgehead atoms. The van der Waals surface area contributed by atoms with E-state index >= 15 is 0 Å². The van der Waals surface area contributed by atoms with Gasteiger partial charge in [0.15, 0.2) is 12.4 Å². The number of tetrazole rings is 1. The third-order valence-electron chi connectivity index (χ3n) is 9.55. The molecule has 15 nitrogen and oxygen atoms in total. The number of pyridine rings is 1. The van der Waals surface area contributed by atoms with Crippen molar-refractivity contribution in [2.75, 3.05) is 5.75 Å². The molecule has 1 fully saturated rings. The van der Waals surface area contributed by atoms with Crippen LogP contribution in [0, 0.1) is 5.92 Å². The molecular formula is C39H55IN10O5S. The fourth-order valence-corrected chi connectivity index (χ4v) is 7.56. The number of benzene rings is 1. The molecule has 1 aromatic carbocycles. The highest BCUT2D eigenvalue weighted by Crippen LogP contribution is 2.29. The number of aryl methyl sites for hydroxylation is 3. The molecule has 4 atom stereocenters. The first kappa shape index (κ1) is 44.6. The summed E-state index contributed by atoms with van der Waals surface area (Å²) in [7, 11) is 1.97. The minimum atomic E-state index is -1.05. The summed E-state index contributed by atoms with van der Waals surface area (Å²) in [6, 6.07) is 10.7. The maximum atomic E-state index is 14.3. The molecule has 4 aromatic rings. The molecule has 1 aliphatic carbocycles. The Bertz CT molecular complexity index is 1780. The molecule has 0 spiro atoms. The van der Waals surface area contributed by atoms with E-state index in [1.807, 2.05) is 54.3 Å². The molecule has 304 valence electrons. The maximum Gasteiger partial charge on any atom is 0.408 e. The molecule has 3 heterocycles. The Morgan fingerprint density at radius 2 is 1.68 bits per heavy atom. The Morgan fingerprint density at radius 1 is 0.982 bits per heavy atom. The summed E-state index contributed by atoms with van der Waals surface area (Å²) in [6.07, 6.45) is 12.5. The minimum Gasteiger partial charge on any atom is -1.00 e. The van der Waals surface area contributed by atoms with Crippen LogP contribution in [0.15, 0.2) is 72.5 Å². The van der Waals surface area contributed by atoms with E-state index in [-0.39, 0.29) is 42.6 Å². The van der Waals surface area contributed by atoms with Crippen LogP contribution in [0.1, 0.15) is 76.1 Å². The Labute approximate surface area is 350 Å². The second-order valence-corrected chi connectivity index (χ2v) is 16.3. The number of thioether (sulfide) groups is 1. The molecule has 3 aromatic heterocycles. The second-order valence-electron chi connectivity index (χ2n) is 15.3. The molecular weight excluding hydrogens is 847 g/mol. The number of halogens is 1. The second kappa shape index (κ2) is 22.0. The summed E-state index contributed by atoms with van der Waals surface area (Å²) in [4.78, 5) is 48.2. The van der Waals surface area contributed by atoms with Gasteiger partial charge in [-0.15, -0.1) is 5.10 Å². The van der Waals surface area contributed by atoms with Gasteiger partial charge in [-0.05, 0) is 61.1 Å². The van der Waals surface area contributed by atoms with Crippen LogP contribution >= 0.6 is 11.8 Å². The van der Waals surface area contributed by atoms with Crippen LogP contribution in [0.4, 0.5) is 4.79 Å². The third kappa shape index (κ3) is 14.8. The van der Waals surface area contributed by atoms with Gasteiger partial charge in [0.2, 0.25) is 17.0 Å². The van der Waals surface area contributed by atoms with Crippen molar-refractivity contribution in [1.82, 2.24) is 46.1 Å². The van der Waals surface area contributed by atoms with E-state index in [1.54, 1.807) is 31.6 Å². The van der Waals surface area contributed by atoms with Crippen molar-refractivity contribution in [3.63, 3.8) is 0 Å². The number of rotatable bonds is 18. The summed E-state index contributed by atoms with van der Waals surface area (Å²) in [5.41, 5.74) is 1.84. The summed E-state index contributed by atoms with van der Waals surface area (Å²) in [6.45, 7) is 5.81. The highest BCUT2D eigenvalue weighted by atomic mass is 127. The number of nitrogens with one attached hydrogen (secondary N) is 4. The Kier molecular flexibility index (Phi) is 17.5. The van der Waals surface area contributed by atoms with E-state index in [1.165, 1.54) is 24.5 Å². The highest BCUT2D eigenvalue weighted by molar-refractivity contribution is 7.99. The first-order chi connectivity index (χ1) is 26.4. The number of amides is 3. The fraction of sp³-hybridized carbons (Fsp3) is 0.538. The van der Waals surface area contributed by atoms with Crippen LogP contribution in [0.5, 0.6) is 0 Å². The predicted octanol–water partition coefficient (Wildman–Crippen LogP) is 0.239. The van der Waals surface area contributed by atoms with Gasteiger partial charge in [-0.1, -0.05) is 74.2 Å². The SMILES string of the molecule is C[n+]1ccc(CCn2nnnc2SC[C@H](O)[C@H](CC2CCCCC2)NC(=O)[C@H](Cc2cnc[nH]2)NC(=O)[C@H](Cc2ccccc2)NC(=O)OC(C)(C)C)cc1.[I-]. The van der Waals surface area contributed by atoms with Crippen LogP contribution in [-0.2, 0) is 47.2 Å². The molecule has 17 heteroatoms. The predicted molar refractivity (Wildman–Crippen MR) is 207 cm³/mol. The lowest BCUT2D eigenvalue weighted by Crippen LogP contribution is -3.00. The molecule has 3 amide bonds. The Balaban J connectivity index is 0.00000696. The van der Waals surface area contributed by atoms with Crippen molar-refractivity contribution in [2.24, 2.45) is 13.0 Å². The first-order valence-electron chi connectivity index (χ1n) is 19.0. The average molecular weight is 903 g/mol. The standard InChI is InChI=1S/C39H54N10O5S.HI/c1-39(2,3)54-38(53)44-32(22-29-13-9-6-10-14-29)35(51)43-33(23-30-24-40-26-41-30)36(52)42-31(21-28-11-7-5-8-12-28)34(50)25-55-37-45-46-47-49(37)20-17-27-15-18-48(4)19-16-27;/h6,9-10,13-16,18-19,24,26,28,31-34,50H,5,7-8,11-12,17,20-23,25H2,1-4H3,(H3-,40,41,42,43,44,51,52,53);1H/t31-,32-,33-,34-;/m0./s1. The molecule has 0 radical (unpaired) electrons. The van der Waals surface area contributed by atoms with Crippen molar-refractivity contribution < 1.29 is 52.8 Å². The zero-order valence-electron chi connectivity index (χ0n) is 32.6. The molecule has 0 unspecified atom stereocenters. The number of hydrogen-bond donors (Lipinski definition) is 5. The molecule has 5 N–H and O–H groups in total. The summed E-state index contributed by atoms with van der Waals surface area (Å²) < 4.78 is 9.18. The lowest BCUT2D eigenvalue weighted by molar-refractivity contribution is -0.671. The molecule has 5 rings (SSSR count). The van der Waals surface area contributed by atoms with Gasteiger partial charge in [0.1, 0.15) is 24.7 Å².